The van der Waals surface area contributed by atoms with Crippen LogP contribution in [-0.2, 0) is 9.59 Å². The van der Waals surface area contributed by atoms with Gasteiger partial charge in [0.25, 0.3) is 17.7 Å². The SMILES string of the molecule is COc1ccc(N2C(=O)[C@@H](N3C(=O)c4ccccc4C3=O)[C@H]2C=O)cc1. The van der Waals surface area contributed by atoms with E-state index in [1.807, 2.05) is 0 Å². The summed E-state index contributed by atoms with van der Waals surface area (Å²) in [6.45, 7) is 0. The predicted octanol–water partition coefficient (Wildman–Crippen LogP) is 1.27. The number of hydrogen-bond donors (Lipinski definition) is 0. The van der Waals surface area contributed by atoms with Gasteiger partial charge >= 0.3 is 0 Å². The summed E-state index contributed by atoms with van der Waals surface area (Å²) in [4.78, 5) is 51.7. The smallest absolute Gasteiger partial charge is 0.262 e. The average molecular weight is 350 g/mol. The Balaban J connectivity index is 1.65. The Labute approximate surface area is 148 Å². The van der Waals surface area contributed by atoms with Gasteiger partial charge in [0.15, 0.2) is 0 Å². The molecule has 0 saturated carbocycles. The number of nitrogens with zero attached hydrogens (tertiary/aromatic N) is 2. The molecule has 0 aliphatic carbocycles. The highest BCUT2D eigenvalue weighted by atomic mass is 16.5. The zero-order valence-corrected chi connectivity index (χ0v) is 13.8. The summed E-state index contributed by atoms with van der Waals surface area (Å²) in [6, 6.07) is 11.0. The lowest BCUT2D eigenvalue weighted by atomic mass is 9.93. The fourth-order valence-corrected chi connectivity index (χ4v) is 3.40. The van der Waals surface area contributed by atoms with E-state index in [4.69, 9.17) is 4.74 Å². The molecule has 26 heavy (non-hydrogen) atoms. The van der Waals surface area contributed by atoms with Gasteiger partial charge < -0.3 is 9.53 Å². The van der Waals surface area contributed by atoms with Crippen LogP contribution in [0.1, 0.15) is 20.7 Å². The third-order valence-electron chi connectivity index (χ3n) is 4.71. The van der Waals surface area contributed by atoms with Crippen LogP contribution in [0.25, 0.3) is 0 Å². The molecule has 3 amide bonds. The molecule has 7 nitrogen and oxygen atoms in total. The van der Waals surface area contributed by atoms with Crippen LogP contribution in [0.2, 0.25) is 0 Å². The highest BCUT2D eigenvalue weighted by Gasteiger charge is 2.56. The van der Waals surface area contributed by atoms with E-state index in [1.165, 1.54) is 24.1 Å². The molecular formula is C19H14N2O5. The van der Waals surface area contributed by atoms with Crippen molar-refractivity contribution in [2.24, 2.45) is 0 Å². The lowest BCUT2D eigenvalue weighted by Gasteiger charge is -2.46. The van der Waals surface area contributed by atoms with Gasteiger partial charge in [0.2, 0.25) is 0 Å². The summed E-state index contributed by atoms with van der Waals surface area (Å²) >= 11 is 0. The molecule has 2 aromatic carbocycles. The number of imide groups is 1. The molecule has 4 rings (SSSR count). The van der Waals surface area contributed by atoms with Crippen LogP contribution in [0, 0.1) is 0 Å². The van der Waals surface area contributed by atoms with E-state index >= 15 is 0 Å². The summed E-state index contributed by atoms with van der Waals surface area (Å²) in [5.74, 6) is -0.960. The Hall–Kier alpha value is -3.48. The Morgan fingerprint density at radius 1 is 0.885 bits per heavy atom. The number of benzene rings is 2. The first-order valence-corrected chi connectivity index (χ1v) is 7.98. The summed E-state index contributed by atoms with van der Waals surface area (Å²) in [7, 11) is 1.52. The van der Waals surface area contributed by atoms with Crippen molar-refractivity contribution in [1.29, 1.82) is 0 Å². The van der Waals surface area contributed by atoms with Crippen molar-refractivity contribution in [2.45, 2.75) is 12.1 Å². The van der Waals surface area contributed by atoms with Gasteiger partial charge in [0.05, 0.1) is 18.2 Å². The first-order valence-electron chi connectivity index (χ1n) is 7.98. The van der Waals surface area contributed by atoms with Crippen molar-refractivity contribution in [1.82, 2.24) is 4.90 Å². The molecule has 2 aliphatic rings. The second-order valence-corrected chi connectivity index (χ2v) is 6.00. The molecule has 1 fully saturated rings. The number of carbonyl (C=O) groups excluding carboxylic acids is 4. The number of rotatable bonds is 4. The zero-order valence-electron chi connectivity index (χ0n) is 13.8. The number of anilines is 1. The fourth-order valence-electron chi connectivity index (χ4n) is 3.40. The standard InChI is InChI=1S/C19H14N2O5/c1-26-12-8-6-11(7-9-12)20-15(10-22)16(19(20)25)21-17(23)13-4-2-3-5-14(13)18(21)24/h2-10,15-16H,1H3/t15-,16+/m1/s1. The van der Waals surface area contributed by atoms with Gasteiger partial charge in [0, 0.05) is 5.69 Å². The minimum Gasteiger partial charge on any atom is -0.497 e. The van der Waals surface area contributed by atoms with E-state index in [-0.39, 0.29) is 11.1 Å². The van der Waals surface area contributed by atoms with Gasteiger partial charge in [-0.25, -0.2) is 0 Å². The van der Waals surface area contributed by atoms with E-state index in [0.29, 0.717) is 17.7 Å². The second-order valence-electron chi connectivity index (χ2n) is 6.00. The van der Waals surface area contributed by atoms with E-state index in [9.17, 15) is 19.2 Å². The Morgan fingerprint density at radius 3 is 1.96 bits per heavy atom. The van der Waals surface area contributed by atoms with Crippen molar-refractivity contribution < 1.29 is 23.9 Å². The summed E-state index contributed by atoms with van der Waals surface area (Å²) in [6.07, 6.45) is 0.583. The predicted molar refractivity (Wildman–Crippen MR) is 91.1 cm³/mol. The molecule has 130 valence electrons. The summed E-state index contributed by atoms with van der Waals surface area (Å²) in [5, 5.41) is 0. The molecule has 0 unspecified atom stereocenters. The summed E-state index contributed by atoms with van der Waals surface area (Å²) < 4.78 is 5.08. The monoisotopic (exact) mass is 350 g/mol. The topological polar surface area (TPSA) is 84.0 Å². The van der Waals surface area contributed by atoms with Gasteiger partial charge in [-0.2, -0.15) is 0 Å². The maximum Gasteiger partial charge on any atom is 0.262 e. The third kappa shape index (κ3) is 2.07. The van der Waals surface area contributed by atoms with Crippen LogP contribution in [0.4, 0.5) is 5.69 Å². The quantitative estimate of drug-likeness (QED) is 0.471. The second kappa shape index (κ2) is 5.80. The highest BCUT2D eigenvalue weighted by Crippen LogP contribution is 2.35. The van der Waals surface area contributed by atoms with Crippen LogP contribution in [-0.4, -0.2) is 48.1 Å². The van der Waals surface area contributed by atoms with Crippen LogP contribution < -0.4 is 9.64 Å². The number of hydrogen-bond acceptors (Lipinski definition) is 5. The minimum atomic E-state index is -1.12. The molecule has 0 radical (unpaired) electrons. The van der Waals surface area contributed by atoms with E-state index in [0.717, 1.165) is 4.90 Å². The zero-order chi connectivity index (χ0) is 18.4. The number of methoxy groups -OCH3 is 1. The van der Waals surface area contributed by atoms with E-state index < -0.39 is 29.8 Å². The number of ether oxygens (including phenoxy) is 1. The van der Waals surface area contributed by atoms with Gasteiger partial charge in [-0.1, -0.05) is 12.1 Å². The Morgan fingerprint density at radius 2 is 1.46 bits per heavy atom. The largest absolute Gasteiger partial charge is 0.497 e. The molecule has 0 aromatic heterocycles. The fraction of sp³-hybridized carbons (Fsp3) is 0.158. The van der Waals surface area contributed by atoms with Crippen molar-refractivity contribution in [3.8, 4) is 5.75 Å². The maximum absolute atomic E-state index is 12.7. The van der Waals surface area contributed by atoms with Crippen molar-refractivity contribution >= 4 is 29.7 Å². The maximum atomic E-state index is 12.7. The number of fused-ring (bicyclic) bond motifs is 1. The van der Waals surface area contributed by atoms with Crippen molar-refractivity contribution in [2.75, 3.05) is 12.0 Å². The van der Waals surface area contributed by atoms with Crippen LogP contribution >= 0.6 is 0 Å². The molecule has 2 atom stereocenters. The van der Waals surface area contributed by atoms with E-state index in [1.54, 1.807) is 36.4 Å². The van der Waals surface area contributed by atoms with Gasteiger partial charge in [-0.3, -0.25) is 24.2 Å². The molecule has 2 aliphatic heterocycles. The molecule has 0 bridgehead atoms. The normalized spacial score (nSPS) is 21.5. The van der Waals surface area contributed by atoms with Crippen LogP contribution in [0.5, 0.6) is 5.75 Å². The summed E-state index contributed by atoms with van der Waals surface area (Å²) in [5.41, 5.74) is 0.997. The number of amides is 3. The average Bonchev–Trinajstić information content (AvgIpc) is 2.92. The van der Waals surface area contributed by atoms with Crippen LogP contribution in [0.3, 0.4) is 0 Å². The van der Waals surface area contributed by atoms with Crippen LogP contribution in [0.15, 0.2) is 48.5 Å². The molecule has 7 heteroatoms. The molecule has 0 N–H and O–H groups in total. The van der Waals surface area contributed by atoms with E-state index in [2.05, 4.69) is 0 Å². The number of β-lactam (4-membered cyclic amide) rings is 1. The molecule has 0 spiro atoms. The molecule has 1 saturated heterocycles. The van der Waals surface area contributed by atoms with Crippen molar-refractivity contribution in [3.63, 3.8) is 0 Å². The number of carbonyl (C=O) groups is 4. The Kier molecular flexibility index (Phi) is 3.57. The first-order chi connectivity index (χ1) is 12.6. The minimum absolute atomic E-state index is 0.248. The third-order valence-corrected chi connectivity index (χ3v) is 4.71. The van der Waals surface area contributed by atoms with Gasteiger partial charge in [0.1, 0.15) is 24.1 Å². The lowest BCUT2D eigenvalue weighted by Crippen LogP contribution is -2.72. The number of aldehydes is 1. The molecular weight excluding hydrogens is 336 g/mol. The van der Waals surface area contributed by atoms with Gasteiger partial charge in [-0.15, -0.1) is 0 Å². The highest BCUT2D eigenvalue weighted by molar-refractivity contribution is 6.25. The van der Waals surface area contributed by atoms with Gasteiger partial charge in [-0.05, 0) is 36.4 Å². The lowest BCUT2D eigenvalue weighted by molar-refractivity contribution is -0.133. The molecule has 2 aromatic rings. The van der Waals surface area contributed by atoms with Crippen molar-refractivity contribution in [3.05, 3.63) is 59.7 Å². The first kappa shape index (κ1) is 16.0. The molecule has 2 heterocycles. The Bertz CT molecular complexity index is 902.